The largest absolute Gasteiger partial charge is 0.454 e. The minimum Gasteiger partial charge on any atom is -0.454 e. The second-order valence-electron chi connectivity index (χ2n) is 6.21. The van der Waals surface area contributed by atoms with Gasteiger partial charge in [0.1, 0.15) is 0 Å². The van der Waals surface area contributed by atoms with E-state index in [0.29, 0.717) is 10.5 Å². The number of ketones is 1. The molecule has 1 aromatic heterocycles. The van der Waals surface area contributed by atoms with Crippen LogP contribution in [-0.2, 0) is 9.53 Å². The Morgan fingerprint density at radius 1 is 1.18 bits per heavy atom. The van der Waals surface area contributed by atoms with Gasteiger partial charge in [0.05, 0.1) is 10.7 Å². The lowest BCUT2D eigenvalue weighted by molar-refractivity contribution is -0.384. The molecule has 0 amide bonds. The number of carbonyl (C=O) groups excluding carboxylic acids is 2. The van der Waals surface area contributed by atoms with Crippen molar-refractivity contribution in [3.8, 4) is 0 Å². The zero-order chi connectivity index (χ0) is 20.3. The molecule has 8 heteroatoms. The lowest BCUT2D eigenvalue weighted by Gasteiger charge is -2.12. The third-order valence-corrected chi connectivity index (χ3v) is 5.21. The van der Waals surface area contributed by atoms with Crippen molar-refractivity contribution in [2.75, 3.05) is 5.75 Å². The molecule has 7 nitrogen and oxygen atoms in total. The van der Waals surface area contributed by atoms with E-state index in [9.17, 15) is 19.7 Å². The predicted octanol–water partition coefficient (Wildman–Crippen LogP) is 4.29. The first-order valence-electron chi connectivity index (χ1n) is 8.55. The molecule has 28 heavy (non-hydrogen) atoms. The number of aromatic amines is 1. The molecule has 0 saturated heterocycles. The van der Waals surface area contributed by atoms with Crippen LogP contribution in [0.2, 0.25) is 0 Å². The Balaban J connectivity index is 1.61. The number of aromatic nitrogens is 1. The van der Waals surface area contributed by atoms with Crippen LogP contribution in [0.3, 0.4) is 0 Å². The van der Waals surface area contributed by atoms with Crippen molar-refractivity contribution in [3.05, 3.63) is 69.9 Å². The highest BCUT2D eigenvalue weighted by Crippen LogP contribution is 2.25. The molecule has 3 aromatic rings. The molecule has 0 unspecified atom stereocenters. The number of nitro groups is 1. The van der Waals surface area contributed by atoms with Gasteiger partial charge in [0.2, 0.25) is 5.78 Å². The summed E-state index contributed by atoms with van der Waals surface area (Å²) in [5, 5.41) is 11.5. The third kappa shape index (κ3) is 4.23. The standard InChI is InChI=1S/C20H18N2O5S/c1-12-19(16-5-3-4-6-17(16)21-12)20(24)13(2)27-18(23)11-28-15-9-7-14(8-10-15)22(25)26/h3-10,13,21H,11H2,1-2H3/t13-/m1/s1. The number of non-ortho nitro benzene ring substituents is 1. The quantitative estimate of drug-likeness (QED) is 0.209. The molecule has 144 valence electrons. The first-order valence-corrected chi connectivity index (χ1v) is 9.53. The first-order chi connectivity index (χ1) is 13.4. The number of esters is 1. The van der Waals surface area contributed by atoms with Gasteiger partial charge < -0.3 is 9.72 Å². The van der Waals surface area contributed by atoms with Crippen LogP contribution < -0.4 is 0 Å². The Kier molecular flexibility index (Phi) is 5.79. The van der Waals surface area contributed by atoms with Gasteiger partial charge in [0.25, 0.3) is 5.69 Å². The summed E-state index contributed by atoms with van der Waals surface area (Å²) in [7, 11) is 0. The van der Waals surface area contributed by atoms with Crippen LogP contribution in [0.5, 0.6) is 0 Å². The summed E-state index contributed by atoms with van der Waals surface area (Å²) in [5.74, 6) is -0.784. The third-order valence-electron chi connectivity index (χ3n) is 4.22. The fourth-order valence-corrected chi connectivity index (χ4v) is 3.57. The zero-order valence-corrected chi connectivity index (χ0v) is 16.1. The average molecular weight is 398 g/mol. The van der Waals surface area contributed by atoms with Gasteiger partial charge in [-0.3, -0.25) is 19.7 Å². The molecule has 1 heterocycles. The Hall–Kier alpha value is -3.13. The lowest BCUT2D eigenvalue weighted by atomic mass is 10.0. The number of Topliss-reactive ketones (excluding diaryl/α,β-unsaturated/α-hetero) is 1. The summed E-state index contributed by atoms with van der Waals surface area (Å²) < 4.78 is 5.29. The number of hydrogen-bond donors (Lipinski definition) is 1. The van der Waals surface area contributed by atoms with Crippen LogP contribution in [0.1, 0.15) is 23.0 Å². The number of fused-ring (bicyclic) bond motifs is 1. The van der Waals surface area contributed by atoms with Gasteiger partial charge in [0.15, 0.2) is 6.10 Å². The van der Waals surface area contributed by atoms with Gasteiger partial charge in [-0.25, -0.2) is 0 Å². The molecule has 0 bridgehead atoms. The number of thioether (sulfide) groups is 1. The molecule has 0 aliphatic heterocycles. The molecule has 0 saturated carbocycles. The maximum absolute atomic E-state index is 12.8. The van der Waals surface area contributed by atoms with E-state index in [0.717, 1.165) is 16.6 Å². The summed E-state index contributed by atoms with van der Waals surface area (Å²) in [6.45, 7) is 3.37. The number of hydrogen-bond acceptors (Lipinski definition) is 6. The highest BCUT2D eigenvalue weighted by molar-refractivity contribution is 8.00. The number of nitrogens with one attached hydrogen (secondary N) is 1. The Labute approximate surface area is 165 Å². The van der Waals surface area contributed by atoms with E-state index in [2.05, 4.69) is 4.98 Å². The maximum atomic E-state index is 12.8. The van der Waals surface area contributed by atoms with E-state index in [1.807, 2.05) is 31.2 Å². The van der Waals surface area contributed by atoms with E-state index in [4.69, 9.17) is 4.74 Å². The van der Waals surface area contributed by atoms with E-state index in [1.165, 1.54) is 23.9 Å². The van der Waals surface area contributed by atoms with E-state index < -0.39 is 17.0 Å². The molecule has 0 spiro atoms. The van der Waals surface area contributed by atoms with Crippen molar-refractivity contribution >= 4 is 40.1 Å². The van der Waals surface area contributed by atoms with Crippen LogP contribution in [0.25, 0.3) is 10.9 Å². The number of ether oxygens (including phenoxy) is 1. The Bertz CT molecular complexity index is 1040. The summed E-state index contributed by atoms with van der Waals surface area (Å²) in [6, 6.07) is 13.4. The van der Waals surface area contributed by atoms with Crippen LogP contribution >= 0.6 is 11.8 Å². The van der Waals surface area contributed by atoms with Gasteiger partial charge in [0, 0.05) is 39.2 Å². The highest BCUT2D eigenvalue weighted by atomic mass is 32.2. The molecule has 3 rings (SSSR count). The number of aryl methyl sites for hydroxylation is 1. The highest BCUT2D eigenvalue weighted by Gasteiger charge is 2.24. The molecule has 1 atom stereocenters. The Morgan fingerprint density at radius 3 is 2.54 bits per heavy atom. The van der Waals surface area contributed by atoms with Crippen molar-refractivity contribution in [2.45, 2.75) is 24.8 Å². The molecule has 0 aliphatic carbocycles. The number of nitro benzene ring substituents is 1. The fourth-order valence-electron chi connectivity index (χ4n) is 2.89. The van der Waals surface area contributed by atoms with Gasteiger partial charge in [-0.05, 0) is 32.0 Å². The van der Waals surface area contributed by atoms with Crippen molar-refractivity contribution in [1.82, 2.24) is 4.98 Å². The molecule has 1 N–H and O–H groups in total. The second-order valence-corrected chi connectivity index (χ2v) is 7.26. The van der Waals surface area contributed by atoms with Crippen LogP contribution in [0.4, 0.5) is 5.69 Å². The molecule has 0 fully saturated rings. The van der Waals surface area contributed by atoms with E-state index in [-0.39, 0.29) is 17.2 Å². The number of H-pyrrole nitrogens is 1. The van der Waals surface area contributed by atoms with Gasteiger partial charge in [-0.15, -0.1) is 11.8 Å². The number of benzene rings is 2. The molecule has 2 aromatic carbocycles. The summed E-state index contributed by atoms with van der Waals surface area (Å²) in [6.07, 6.45) is -0.914. The van der Waals surface area contributed by atoms with Gasteiger partial charge in [-0.2, -0.15) is 0 Å². The van der Waals surface area contributed by atoms with Crippen LogP contribution in [-0.4, -0.2) is 33.5 Å². The molecular weight excluding hydrogens is 380 g/mol. The van der Waals surface area contributed by atoms with E-state index >= 15 is 0 Å². The summed E-state index contributed by atoms with van der Waals surface area (Å²) >= 11 is 1.19. The topological polar surface area (TPSA) is 102 Å². The van der Waals surface area contributed by atoms with Crippen molar-refractivity contribution in [3.63, 3.8) is 0 Å². The number of nitrogens with zero attached hydrogens (tertiary/aromatic N) is 1. The second kappa shape index (κ2) is 8.26. The zero-order valence-electron chi connectivity index (χ0n) is 15.3. The smallest absolute Gasteiger partial charge is 0.316 e. The summed E-state index contributed by atoms with van der Waals surface area (Å²) in [4.78, 5) is 38.9. The van der Waals surface area contributed by atoms with Gasteiger partial charge >= 0.3 is 5.97 Å². The first kappa shape index (κ1) is 19.6. The normalized spacial score (nSPS) is 11.9. The Morgan fingerprint density at radius 2 is 1.86 bits per heavy atom. The number of para-hydroxylation sites is 1. The minimum absolute atomic E-state index is 0.00228. The monoisotopic (exact) mass is 398 g/mol. The SMILES string of the molecule is Cc1[nH]c2ccccc2c1C(=O)[C@@H](C)OC(=O)CSc1ccc([N+](=O)[O-])cc1. The van der Waals surface area contributed by atoms with E-state index in [1.54, 1.807) is 19.1 Å². The predicted molar refractivity (Wildman–Crippen MR) is 107 cm³/mol. The molecule has 0 radical (unpaired) electrons. The maximum Gasteiger partial charge on any atom is 0.316 e. The van der Waals surface area contributed by atoms with Crippen molar-refractivity contribution in [2.24, 2.45) is 0 Å². The average Bonchev–Trinajstić information content (AvgIpc) is 3.01. The van der Waals surface area contributed by atoms with Crippen LogP contribution in [0, 0.1) is 17.0 Å². The van der Waals surface area contributed by atoms with Gasteiger partial charge in [-0.1, -0.05) is 18.2 Å². The fraction of sp³-hybridized carbons (Fsp3) is 0.200. The van der Waals surface area contributed by atoms with Crippen LogP contribution in [0.15, 0.2) is 53.4 Å². The molecular formula is C20H18N2O5S. The minimum atomic E-state index is -0.914. The molecule has 0 aliphatic rings. The lowest BCUT2D eigenvalue weighted by Crippen LogP contribution is -2.25. The summed E-state index contributed by atoms with van der Waals surface area (Å²) in [5.41, 5.74) is 2.10. The number of rotatable bonds is 7. The number of carbonyl (C=O) groups is 2. The van der Waals surface area contributed by atoms with Crippen molar-refractivity contribution in [1.29, 1.82) is 0 Å². The van der Waals surface area contributed by atoms with Crippen molar-refractivity contribution < 1.29 is 19.2 Å².